The van der Waals surface area contributed by atoms with E-state index in [9.17, 15) is 14.0 Å². The third-order valence-corrected chi connectivity index (χ3v) is 2.88. The third kappa shape index (κ3) is 1.99. The van der Waals surface area contributed by atoms with Crippen LogP contribution in [0.25, 0.3) is 0 Å². The first-order valence-electron chi connectivity index (χ1n) is 5.28. The Balaban J connectivity index is 2.31. The molecule has 1 amide bonds. The second-order valence-electron chi connectivity index (χ2n) is 3.97. The monoisotopic (exact) mass is 253 g/mol. The summed E-state index contributed by atoms with van der Waals surface area (Å²) < 4.78 is 17.5. The van der Waals surface area contributed by atoms with Gasteiger partial charge in [0.1, 0.15) is 5.92 Å². The van der Waals surface area contributed by atoms with Gasteiger partial charge in [0.15, 0.2) is 5.83 Å². The Kier molecular flexibility index (Phi) is 3.14. The fraction of sp³-hybridized carbons (Fsp3) is 0.364. The van der Waals surface area contributed by atoms with Crippen molar-refractivity contribution in [1.29, 1.82) is 0 Å². The van der Waals surface area contributed by atoms with E-state index >= 15 is 0 Å². The zero-order chi connectivity index (χ0) is 13.3. The first-order valence-corrected chi connectivity index (χ1v) is 5.28. The largest absolute Gasteiger partial charge is 0.468 e. The Morgan fingerprint density at radius 1 is 1.67 bits per heavy atom. The highest BCUT2D eigenvalue weighted by atomic mass is 19.1. The highest BCUT2D eigenvalue weighted by Crippen LogP contribution is 2.28. The van der Waals surface area contributed by atoms with Crippen molar-refractivity contribution in [1.82, 2.24) is 15.1 Å². The molecule has 18 heavy (non-hydrogen) atoms. The fourth-order valence-corrected chi connectivity index (χ4v) is 1.99. The summed E-state index contributed by atoms with van der Waals surface area (Å²) in [5.74, 6) is -3.02. The number of esters is 1. The zero-order valence-corrected chi connectivity index (χ0v) is 9.77. The normalized spacial score (nSPS) is 18.1. The van der Waals surface area contributed by atoms with Crippen molar-refractivity contribution in [3.8, 4) is 0 Å². The number of methoxy groups -OCH3 is 1. The summed E-state index contributed by atoms with van der Waals surface area (Å²) in [6, 6.07) is 0. The molecule has 0 aliphatic carbocycles. The lowest BCUT2D eigenvalue weighted by Gasteiger charge is -2.30. The second-order valence-corrected chi connectivity index (χ2v) is 3.97. The summed E-state index contributed by atoms with van der Waals surface area (Å²) >= 11 is 0. The van der Waals surface area contributed by atoms with Gasteiger partial charge >= 0.3 is 5.97 Å². The highest BCUT2D eigenvalue weighted by molar-refractivity contribution is 5.91. The minimum absolute atomic E-state index is 0.0565. The molecule has 96 valence electrons. The number of H-pyrrole nitrogens is 1. The first-order chi connectivity index (χ1) is 8.54. The molecule has 1 atom stereocenters. The number of fused-ring (bicyclic) bond motifs is 1. The molecule has 0 aromatic carbocycles. The van der Waals surface area contributed by atoms with Crippen molar-refractivity contribution in [2.24, 2.45) is 0 Å². The van der Waals surface area contributed by atoms with Crippen LogP contribution in [0.5, 0.6) is 0 Å². The molecule has 2 rings (SSSR count). The van der Waals surface area contributed by atoms with Crippen molar-refractivity contribution in [3.05, 3.63) is 29.9 Å². The van der Waals surface area contributed by atoms with Crippen LogP contribution in [-0.2, 0) is 20.9 Å². The van der Waals surface area contributed by atoms with E-state index in [2.05, 4.69) is 21.5 Å². The maximum atomic E-state index is 12.9. The molecule has 0 saturated carbocycles. The van der Waals surface area contributed by atoms with Gasteiger partial charge in [0, 0.05) is 12.1 Å². The van der Waals surface area contributed by atoms with Crippen LogP contribution >= 0.6 is 0 Å². The minimum Gasteiger partial charge on any atom is -0.468 e. The van der Waals surface area contributed by atoms with Crippen LogP contribution in [0.3, 0.4) is 0 Å². The Morgan fingerprint density at radius 3 is 3.00 bits per heavy atom. The van der Waals surface area contributed by atoms with Crippen molar-refractivity contribution in [3.63, 3.8) is 0 Å². The summed E-state index contributed by atoms with van der Waals surface area (Å²) in [4.78, 5) is 24.4. The van der Waals surface area contributed by atoms with E-state index in [0.29, 0.717) is 11.3 Å². The number of nitrogens with zero attached hydrogens (tertiary/aromatic N) is 2. The van der Waals surface area contributed by atoms with Crippen LogP contribution in [0.4, 0.5) is 4.39 Å². The van der Waals surface area contributed by atoms with Crippen molar-refractivity contribution in [2.45, 2.75) is 12.5 Å². The molecule has 2 heterocycles. The predicted molar refractivity (Wildman–Crippen MR) is 59.0 cm³/mol. The number of aromatic nitrogens is 2. The molecule has 0 saturated heterocycles. The number of hydrogen-bond donors (Lipinski definition) is 1. The van der Waals surface area contributed by atoms with Gasteiger partial charge in [-0.1, -0.05) is 6.58 Å². The molecule has 1 aliphatic heterocycles. The average Bonchev–Trinajstić information content (AvgIpc) is 2.83. The van der Waals surface area contributed by atoms with Crippen LogP contribution in [0.15, 0.2) is 18.6 Å². The number of nitrogens with one attached hydrogen (secondary N) is 1. The van der Waals surface area contributed by atoms with Gasteiger partial charge in [-0.25, -0.2) is 4.39 Å². The van der Waals surface area contributed by atoms with Crippen LogP contribution in [0.1, 0.15) is 17.2 Å². The van der Waals surface area contributed by atoms with E-state index in [1.165, 1.54) is 18.2 Å². The Morgan fingerprint density at radius 2 is 2.39 bits per heavy atom. The third-order valence-electron chi connectivity index (χ3n) is 2.88. The maximum Gasteiger partial charge on any atom is 0.315 e. The van der Waals surface area contributed by atoms with E-state index in [-0.39, 0.29) is 13.1 Å². The topological polar surface area (TPSA) is 75.3 Å². The van der Waals surface area contributed by atoms with Gasteiger partial charge in [-0.3, -0.25) is 14.7 Å². The van der Waals surface area contributed by atoms with Crippen LogP contribution in [0.2, 0.25) is 0 Å². The van der Waals surface area contributed by atoms with Gasteiger partial charge in [-0.15, -0.1) is 0 Å². The molecule has 7 heteroatoms. The Labute approximate surface area is 102 Å². The Hall–Kier alpha value is -2.18. The summed E-state index contributed by atoms with van der Waals surface area (Å²) in [7, 11) is 1.26. The number of amides is 1. The number of carbonyl (C=O) groups is 2. The number of aromatic amines is 1. The lowest BCUT2D eigenvalue weighted by Crippen LogP contribution is -2.40. The summed E-state index contributed by atoms with van der Waals surface area (Å²) in [6.07, 6.45) is 1.52. The number of ether oxygens (including phenoxy) is 1. The summed E-state index contributed by atoms with van der Waals surface area (Å²) in [5.41, 5.74) is 1.28. The molecular formula is C11H12FN3O3. The van der Waals surface area contributed by atoms with Gasteiger partial charge in [-0.2, -0.15) is 5.10 Å². The molecule has 0 fully saturated rings. The lowest BCUT2D eigenvalue weighted by atomic mass is 9.95. The second kappa shape index (κ2) is 4.59. The molecular weight excluding hydrogens is 241 g/mol. The molecule has 0 bridgehead atoms. The molecule has 0 spiro atoms. The van der Waals surface area contributed by atoms with Gasteiger partial charge in [-0.05, 0) is 0 Å². The van der Waals surface area contributed by atoms with Gasteiger partial charge in [0.2, 0.25) is 0 Å². The fourth-order valence-electron chi connectivity index (χ4n) is 1.99. The molecule has 1 aromatic heterocycles. The number of rotatable bonds is 2. The number of carbonyl (C=O) groups excluding carboxylic acids is 2. The molecule has 0 radical (unpaired) electrons. The van der Waals surface area contributed by atoms with Crippen molar-refractivity contribution < 1.29 is 18.7 Å². The van der Waals surface area contributed by atoms with Crippen molar-refractivity contribution in [2.75, 3.05) is 13.7 Å². The lowest BCUT2D eigenvalue weighted by molar-refractivity contribution is -0.144. The van der Waals surface area contributed by atoms with E-state index in [4.69, 9.17) is 0 Å². The SMILES string of the molecule is C=C(F)C(=O)N1Cc2[nH]ncc2C(C(=O)OC)C1. The maximum absolute atomic E-state index is 12.9. The number of hydrogen-bond acceptors (Lipinski definition) is 4. The zero-order valence-electron chi connectivity index (χ0n) is 9.77. The van der Waals surface area contributed by atoms with Gasteiger partial charge in [0.25, 0.3) is 5.91 Å². The molecule has 1 N–H and O–H groups in total. The van der Waals surface area contributed by atoms with E-state index < -0.39 is 23.6 Å². The van der Waals surface area contributed by atoms with Gasteiger partial charge in [0.05, 0.1) is 25.5 Å². The van der Waals surface area contributed by atoms with E-state index in [0.717, 1.165) is 0 Å². The average molecular weight is 253 g/mol. The quantitative estimate of drug-likeness (QED) is 0.615. The van der Waals surface area contributed by atoms with E-state index in [1.54, 1.807) is 0 Å². The molecule has 1 aromatic rings. The van der Waals surface area contributed by atoms with Gasteiger partial charge < -0.3 is 9.64 Å². The highest BCUT2D eigenvalue weighted by Gasteiger charge is 2.35. The van der Waals surface area contributed by atoms with E-state index in [1.807, 2.05) is 0 Å². The predicted octanol–water partition coefficient (Wildman–Crippen LogP) is 0.492. The number of halogens is 1. The Bertz CT molecular complexity index is 511. The molecule has 1 unspecified atom stereocenters. The van der Waals surface area contributed by atoms with Crippen LogP contribution in [-0.4, -0.2) is 40.6 Å². The minimum atomic E-state index is -1.05. The molecule has 6 nitrogen and oxygen atoms in total. The summed E-state index contributed by atoms with van der Waals surface area (Å²) in [6.45, 7) is 3.19. The van der Waals surface area contributed by atoms with Crippen LogP contribution in [0, 0.1) is 0 Å². The first kappa shape index (κ1) is 12.3. The smallest absolute Gasteiger partial charge is 0.315 e. The van der Waals surface area contributed by atoms with Crippen LogP contribution < -0.4 is 0 Å². The summed E-state index contributed by atoms with van der Waals surface area (Å²) in [5, 5.41) is 6.51. The molecule has 1 aliphatic rings. The van der Waals surface area contributed by atoms with Crippen molar-refractivity contribution >= 4 is 11.9 Å². The standard InChI is InChI=1S/C11H12FN3O3/c1-6(12)10(16)15-4-8(11(17)18-2)7-3-13-14-9(7)5-15/h3,8H,1,4-5H2,2H3,(H,13,14).